The van der Waals surface area contributed by atoms with E-state index in [4.69, 9.17) is 0 Å². The third-order valence-corrected chi connectivity index (χ3v) is 5.04. The first-order valence-corrected chi connectivity index (χ1v) is 6.61. The van der Waals surface area contributed by atoms with E-state index in [1.54, 1.807) is 20.8 Å². The van der Waals surface area contributed by atoms with Crippen LogP contribution in [0.25, 0.3) is 0 Å². The number of hydrogen-bond acceptors (Lipinski definition) is 3. The zero-order chi connectivity index (χ0) is 14.6. The lowest BCUT2D eigenvalue weighted by Crippen LogP contribution is -2.41. The summed E-state index contributed by atoms with van der Waals surface area (Å²) in [6.45, 7) is 6.60. The Kier molecular flexibility index (Phi) is 2.96. The molecule has 1 saturated carbocycles. The van der Waals surface area contributed by atoms with Gasteiger partial charge in [-0.1, -0.05) is 5.57 Å². The zero-order valence-corrected chi connectivity index (χ0v) is 11.9. The molecule has 0 aliphatic heterocycles. The third kappa shape index (κ3) is 1.85. The molecule has 2 aliphatic rings. The van der Waals surface area contributed by atoms with E-state index in [-0.39, 0.29) is 17.5 Å². The zero-order valence-electron chi connectivity index (χ0n) is 11.9. The molecule has 19 heavy (non-hydrogen) atoms. The molecule has 0 bridgehead atoms. The summed E-state index contributed by atoms with van der Waals surface area (Å²) < 4.78 is 0. The minimum atomic E-state index is -0.970. The van der Waals surface area contributed by atoms with Crippen molar-refractivity contribution in [2.24, 2.45) is 16.7 Å². The van der Waals surface area contributed by atoms with Gasteiger partial charge >= 0.3 is 5.97 Å². The molecule has 2 rings (SSSR count). The Labute approximate surface area is 112 Å². The summed E-state index contributed by atoms with van der Waals surface area (Å²) in [5.74, 6) is -1.02. The van der Waals surface area contributed by atoms with Gasteiger partial charge in [0.1, 0.15) is 5.78 Å². The molecular weight excluding hydrogens is 244 g/mol. The smallest absolute Gasteiger partial charge is 0.309 e. The van der Waals surface area contributed by atoms with Gasteiger partial charge in [0.25, 0.3) is 0 Å². The van der Waals surface area contributed by atoms with Crippen molar-refractivity contribution >= 4 is 17.5 Å². The Morgan fingerprint density at radius 3 is 2.32 bits per heavy atom. The van der Waals surface area contributed by atoms with Crippen molar-refractivity contribution < 1.29 is 19.5 Å². The Hall–Kier alpha value is -1.45. The second-order valence-corrected chi connectivity index (χ2v) is 6.52. The monoisotopic (exact) mass is 264 g/mol. The molecule has 0 amide bonds. The van der Waals surface area contributed by atoms with Crippen LogP contribution < -0.4 is 0 Å². The summed E-state index contributed by atoms with van der Waals surface area (Å²) >= 11 is 0. The lowest BCUT2D eigenvalue weighted by molar-refractivity contribution is -0.147. The number of ketones is 2. The van der Waals surface area contributed by atoms with Gasteiger partial charge in [0.05, 0.1) is 10.8 Å². The van der Waals surface area contributed by atoms with Crippen LogP contribution in [0.1, 0.15) is 47.0 Å². The van der Waals surface area contributed by atoms with Crippen LogP contribution in [0, 0.1) is 16.7 Å². The first-order chi connectivity index (χ1) is 8.62. The largest absolute Gasteiger partial charge is 0.481 e. The Morgan fingerprint density at radius 1 is 1.26 bits per heavy atom. The van der Waals surface area contributed by atoms with Crippen molar-refractivity contribution in [1.29, 1.82) is 0 Å². The van der Waals surface area contributed by atoms with Crippen LogP contribution >= 0.6 is 0 Å². The van der Waals surface area contributed by atoms with Crippen LogP contribution in [0.4, 0.5) is 0 Å². The van der Waals surface area contributed by atoms with E-state index in [1.807, 2.05) is 0 Å². The van der Waals surface area contributed by atoms with Crippen molar-refractivity contribution in [1.82, 2.24) is 0 Å². The van der Waals surface area contributed by atoms with Gasteiger partial charge in [0, 0.05) is 0 Å². The average Bonchev–Trinajstić information content (AvgIpc) is 2.64. The fraction of sp³-hybridized carbons (Fsp3) is 0.667. The van der Waals surface area contributed by atoms with E-state index in [2.05, 4.69) is 0 Å². The van der Waals surface area contributed by atoms with E-state index < -0.39 is 16.8 Å². The standard InChI is InChI=1S/C15H20O4/c1-8-11-7-14(3,13(18)19)5-10(11)6-15(4,9(2)16)12(8)17/h10H,5-7H2,1-4H3,(H,18,19). The number of fused-ring (bicyclic) bond motifs is 1. The van der Waals surface area contributed by atoms with Crippen molar-refractivity contribution in [2.75, 3.05) is 0 Å². The van der Waals surface area contributed by atoms with E-state index in [1.165, 1.54) is 6.92 Å². The Morgan fingerprint density at radius 2 is 1.84 bits per heavy atom. The molecule has 0 radical (unpaired) electrons. The number of rotatable bonds is 2. The normalized spacial score (nSPS) is 38.3. The van der Waals surface area contributed by atoms with Crippen LogP contribution in [0.15, 0.2) is 11.1 Å². The maximum absolute atomic E-state index is 12.4. The Balaban J connectivity index is 2.45. The number of Topliss-reactive ketones (excluding diaryl/α,β-unsaturated/α-hetero) is 2. The Bertz CT molecular complexity index is 516. The highest BCUT2D eigenvalue weighted by Gasteiger charge is 2.53. The molecule has 0 heterocycles. The number of aliphatic carboxylic acids is 1. The van der Waals surface area contributed by atoms with Crippen molar-refractivity contribution in [2.45, 2.75) is 47.0 Å². The molecule has 0 aromatic carbocycles. The highest BCUT2D eigenvalue weighted by Crippen LogP contribution is 2.54. The molecule has 0 aromatic rings. The molecule has 3 atom stereocenters. The number of hydrogen-bond donors (Lipinski definition) is 1. The van der Waals surface area contributed by atoms with Gasteiger partial charge < -0.3 is 5.11 Å². The summed E-state index contributed by atoms with van der Waals surface area (Å²) in [6, 6.07) is 0. The van der Waals surface area contributed by atoms with E-state index in [0.717, 1.165) is 5.57 Å². The van der Waals surface area contributed by atoms with Gasteiger partial charge in [-0.3, -0.25) is 14.4 Å². The first kappa shape index (κ1) is 14.0. The average molecular weight is 264 g/mol. The summed E-state index contributed by atoms with van der Waals surface area (Å²) in [5.41, 5.74) is -0.210. The lowest BCUT2D eigenvalue weighted by atomic mass is 9.66. The molecule has 3 unspecified atom stereocenters. The summed E-state index contributed by atoms with van der Waals surface area (Å²) in [7, 11) is 0. The minimum Gasteiger partial charge on any atom is -0.481 e. The minimum absolute atomic E-state index is 0.0488. The molecule has 1 N–H and O–H groups in total. The number of allylic oxidation sites excluding steroid dienone is 2. The molecule has 0 spiro atoms. The molecule has 2 aliphatic carbocycles. The van der Waals surface area contributed by atoms with Crippen LogP contribution in [-0.2, 0) is 14.4 Å². The summed E-state index contributed by atoms with van der Waals surface area (Å²) in [4.78, 5) is 35.6. The van der Waals surface area contributed by atoms with Crippen LogP contribution in [0.2, 0.25) is 0 Å². The fourth-order valence-electron chi connectivity index (χ4n) is 3.55. The fourth-order valence-corrected chi connectivity index (χ4v) is 3.55. The van der Waals surface area contributed by atoms with Crippen LogP contribution in [-0.4, -0.2) is 22.6 Å². The number of carbonyl (C=O) groups is 3. The number of carboxylic acid groups (broad SMARTS) is 1. The molecule has 104 valence electrons. The molecular formula is C15H20O4. The third-order valence-electron chi connectivity index (χ3n) is 5.04. The lowest BCUT2D eigenvalue weighted by Gasteiger charge is -2.34. The van der Waals surface area contributed by atoms with E-state index in [9.17, 15) is 19.5 Å². The van der Waals surface area contributed by atoms with Gasteiger partial charge in [-0.05, 0) is 58.4 Å². The predicted octanol–water partition coefficient (Wildman–Crippen LogP) is 2.37. The van der Waals surface area contributed by atoms with Crippen LogP contribution in [0.5, 0.6) is 0 Å². The number of carbonyl (C=O) groups excluding carboxylic acids is 2. The molecule has 0 saturated heterocycles. The second-order valence-electron chi connectivity index (χ2n) is 6.52. The van der Waals surface area contributed by atoms with Gasteiger partial charge in [-0.15, -0.1) is 0 Å². The number of carboxylic acids is 1. The highest BCUT2D eigenvalue weighted by molar-refractivity contribution is 6.14. The topological polar surface area (TPSA) is 71.4 Å². The van der Waals surface area contributed by atoms with Gasteiger partial charge in [-0.25, -0.2) is 0 Å². The second kappa shape index (κ2) is 4.02. The van der Waals surface area contributed by atoms with E-state index >= 15 is 0 Å². The maximum Gasteiger partial charge on any atom is 0.309 e. The quantitative estimate of drug-likeness (QED) is 0.777. The van der Waals surface area contributed by atoms with Crippen LogP contribution in [0.3, 0.4) is 0 Å². The molecule has 4 nitrogen and oxygen atoms in total. The van der Waals surface area contributed by atoms with Crippen molar-refractivity contribution in [3.8, 4) is 0 Å². The SMILES string of the molecule is CC(=O)C1(C)CC2CC(C)(C(=O)O)CC2=C(C)C1=O. The molecule has 4 heteroatoms. The van der Waals surface area contributed by atoms with Gasteiger partial charge in [-0.2, -0.15) is 0 Å². The molecule has 0 aromatic heterocycles. The van der Waals surface area contributed by atoms with Gasteiger partial charge in [0.15, 0.2) is 5.78 Å². The molecule has 1 fully saturated rings. The van der Waals surface area contributed by atoms with E-state index in [0.29, 0.717) is 24.8 Å². The summed E-state index contributed by atoms with van der Waals surface area (Å²) in [5, 5.41) is 9.34. The first-order valence-electron chi connectivity index (χ1n) is 6.61. The summed E-state index contributed by atoms with van der Waals surface area (Å²) in [6.07, 6.45) is 1.40. The highest BCUT2D eigenvalue weighted by atomic mass is 16.4. The van der Waals surface area contributed by atoms with Crippen molar-refractivity contribution in [3.63, 3.8) is 0 Å². The van der Waals surface area contributed by atoms with Crippen molar-refractivity contribution in [3.05, 3.63) is 11.1 Å². The predicted molar refractivity (Wildman–Crippen MR) is 69.6 cm³/mol. The maximum atomic E-state index is 12.4. The van der Waals surface area contributed by atoms with Gasteiger partial charge in [0.2, 0.25) is 0 Å².